The van der Waals surface area contributed by atoms with Crippen molar-refractivity contribution >= 4 is 5.97 Å². The van der Waals surface area contributed by atoms with Gasteiger partial charge in [0, 0.05) is 6.42 Å². The second-order valence-electron chi connectivity index (χ2n) is 7.52. The van der Waals surface area contributed by atoms with Crippen LogP contribution >= 0.6 is 0 Å². The van der Waals surface area contributed by atoms with Gasteiger partial charge in [-0.2, -0.15) is 13.2 Å². The molecule has 0 amide bonds. The molecule has 3 aromatic carbocycles. The number of halogens is 3. The molecule has 1 atom stereocenters. The molecule has 8 heteroatoms. The summed E-state index contributed by atoms with van der Waals surface area (Å²) in [5.74, 6) is -0.216. The highest BCUT2D eigenvalue weighted by molar-refractivity contribution is 5.77. The van der Waals surface area contributed by atoms with Crippen molar-refractivity contribution in [3.8, 4) is 17.2 Å². The third kappa shape index (κ3) is 6.98. The maximum atomic E-state index is 12.7. The van der Waals surface area contributed by atoms with Gasteiger partial charge in [-0.3, -0.25) is 0 Å². The molecule has 1 unspecified atom stereocenters. The van der Waals surface area contributed by atoms with Gasteiger partial charge in [0.25, 0.3) is 0 Å². The van der Waals surface area contributed by atoms with Crippen LogP contribution in [0, 0.1) is 0 Å². The summed E-state index contributed by atoms with van der Waals surface area (Å²) in [6.45, 7) is 2.02. The molecule has 0 fully saturated rings. The van der Waals surface area contributed by atoms with Crippen LogP contribution in [0.2, 0.25) is 0 Å². The van der Waals surface area contributed by atoms with Crippen molar-refractivity contribution in [1.82, 2.24) is 0 Å². The van der Waals surface area contributed by atoms with Crippen molar-refractivity contribution in [3.63, 3.8) is 0 Å². The number of hydrogen-bond acceptors (Lipinski definition) is 4. The normalized spacial score (nSPS) is 13.2. The van der Waals surface area contributed by atoms with Crippen LogP contribution in [0.3, 0.4) is 0 Å². The lowest BCUT2D eigenvalue weighted by Gasteiger charge is -2.26. The zero-order valence-corrected chi connectivity index (χ0v) is 17.8. The fourth-order valence-electron chi connectivity index (χ4n) is 2.92. The zero-order chi connectivity index (χ0) is 23.9. The average molecular weight is 460 g/mol. The summed E-state index contributed by atoms with van der Waals surface area (Å²) in [4.78, 5) is 11.8. The molecule has 0 aliphatic heterocycles. The number of aliphatic carboxylic acids is 1. The second kappa shape index (κ2) is 10.4. The summed E-state index contributed by atoms with van der Waals surface area (Å²) in [6.07, 6.45) is -4.29. The van der Waals surface area contributed by atoms with Gasteiger partial charge in [0.2, 0.25) is 5.60 Å². The lowest BCUT2D eigenvalue weighted by atomic mass is 10.0. The zero-order valence-electron chi connectivity index (χ0n) is 17.8. The Balaban J connectivity index is 1.56. The summed E-state index contributed by atoms with van der Waals surface area (Å²) < 4.78 is 54.8. The predicted octanol–water partition coefficient (Wildman–Crippen LogP) is 6.33. The van der Waals surface area contributed by atoms with Crippen molar-refractivity contribution in [1.29, 1.82) is 0 Å². The predicted molar refractivity (Wildman–Crippen MR) is 115 cm³/mol. The molecule has 0 radical (unpaired) electrons. The minimum absolute atomic E-state index is 0.124. The lowest BCUT2D eigenvalue weighted by molar-refractivity contribution is -0.155. The fourth-order valence-corrected chi connectivity index (χ4v) is 2.92. The fraction of sp³-hybridized carbons (Fsp3) is 0.240. The van der Waals surface area contributed by atoms with Gasteiger partial charge >= 0.3 is 12.1 Å². The molecule has 3 aromatic rings. The van der Waals surface area contributed by atoms with Crippen LogP contribution in [0.5, 0.6) is 17.2 Å². The molecule has 0 bridgehead atoms. The van der Waals surface area contributed by atoms with E-state index in [2.05, 4.69) is 0 Å². The molecule has 0 saturated heterocycles. The topological polar surface area (TPSA) is 65.0 Å². The van der Waals surface area contributed by atoms with Crippen molar-refractivity contribution in [2.75, 3.05) is 6.61 Å². The standard InChI is InChI=1S/C25H23F3O5/c1-24(23(29)30,15-16-31-17-18-5-3-2-4-6-18)33-22-13-11-21(12-14-22)32-20-9-7-19(8-10-20)25(26,27)28/h2-14H,15-17H2,1H3,(H,29,30). The first-order valence-corrected chi connectivity index (χ1v) is 10.1. The molecule has 0 spiro atoms. The van der Waals surface area contributed by atoms with Gasteiger partial charge in [0.15, 0.2) is 0 Å². The number of alkyl halides is 3. The third-order valence-electron chi connectivity index (χ3n) is 4.87. The highest BCUT2D eigenvalue weighted by atomic mass is 19.4. The Kier molecular flexibility index (Phi) is 7.60. The molecular formula is C25H23F3O5. The van der Waals surface area contributed by atoms with E-state index in [0.717, 1.165) is 17.7 Å². The van der Waals surface area contributed by atoms with E-state index in [9.17, 15) is 23.1 Å². The number of carboxylic acids is 1. The largest absolute Gasteiger partial charge is 0.478 e. The van der Waals surface area contributed by atoms with Gasteiger partial charge in [0.05, 0.1) is 18.8 Å². The molecule has 174 valence electrons. The Hall–Kier alpha value is -3.52. The van der Waals surface area contributed by atoms with Crippen LogP contribution < -0.4 is 9.47 Å². The van der Waals surface area contributed by atoms with E-state index in [4.69, 9.17) is 14.2 Å². The first-order chi connectivity index (χ1) is 15.7. The van der Waals surface area contributed by atoms with Gasteiger partial charge < -0.3 is 19.3 Å². The van der Waals surface area contributed by atoms with Gasteiger partial charge in [0.1, 0.15) is 17.2 Å². The molecule has 0 aromatic heterocycles. The molecule has 0 saturated carbocycles. The van der Waals surface area contributed by atoms with Crippen molar-refractivity contribution in [2.45, 2.75) is 31.7 Å². The molecule has 0 heterocycles. The third-order valence-corrected chi connectivity index (χ3v) is 4.87. The Morgan fingerprint density at radius 1 is 0.848 bits per heavy atom. The first kappa shape index (κ1) is 24.1. The minimum Gasteiger partial charge on any atom is -0.478 e. The quantitative estimate of drug-likeness (QED) is 0.358. The van der Waals surface area contributed by atoms with Gasteiger partial charge in [-0.25, -0.2) is 4.79 Å². The monoisotopic (exact) mass is 460 g/mol. The molecule has 3 rings (SSSR count). The summed E-state index contributed by atoms with van der Waals surface area (Å²) in [5.41, 5.74) is -1.29. The van der Waals surface area contributed by atoms with E-state index in [1.807, 2.05) is 30.3 Å². The number of rotatable bonds is 10. The second-order valence-corrected chi connectivity index (χ2v) is 7.52. The van der Waals surface area contributed by atoms with E-state index >= 15 is 0 Å². The van der Waals surface area contributed by atoms with Crippen LogP contribution in [0.1, 0.15) is 24.5 Å². The van der Waals surface area contributed by atoms with Crippen LogP contribution in [0.25, 0.3) is 0 Å². The number of carboxylic acid groups (broad SMARTS) is 1. The van der Waals surface area contributed by atoms with E-state index in [1.54, 1.807) is 12.1 Å². The molecule has 0 aliphatic rings. The summed E-state index contributed by atoms with van der Waals surface area (Å²) >= 11 is 0. The van der Waals surface area contributed by atoms with E-state index in [0.29, 0.717) is 18.1 Å². The van der Waals surface area contributed by atoms with Crippen LogP contribution in [-0.2, 0) is 22.3 Å². The van der Waals surface area contributed by atoms with E-state index < -0.39 is 23.3 Å². The smallest absolute Gasteiger partial charge is 0.416 e. The number of ether oxygens (including phenoxy) is 3. The Morgan fingerprint density at radius 3 is 1.94 bits per heavy atom. The van der Waals surface area contributed by atoms with E-state index in [-0.39, 0.29) is 18.8 Å². The highest BCUT2D eigenvalue weighted by Gasteiger charge is 2.35. The van der Waals surface area contributed by atoms with Crippen LogP contribution in [0.15, 0.2) is 78.9 Å². The Bertz CT molecular complexity index is 1030. The number of hydrogen-bond donors (Lipinski definition) is 1. The first-order valence-electron chi connectivity index (χ1n) is 10.1. The Labute approximate surface area is 189 Å². The van der Waals surface area contributed by atoms with Crippen molar-refractivity contribution in [3.05, 3.63) is 90.0 Å². The van der Waals surface area contributed by atoms with Crippen molar-refractivity contribution < 1.29 is 37.3 Å². The van der Waals surface area contributed by atoms with Gasteiger partial charge in [-0.05, 0) is 61.0 Å². The molecule has 33 heavy (non-hydrogen) atoms. The van der Waals surface area contributed by atoms with E-state index in [1.165, 1.54) is 31.2 Å². The molecule has 0 aliphatic carbocycles. The van der Waals surface area contributed by atoms with Gasteiger partial charge in [-0.15, -0.1) is 0 Å². The van der Waals surface area contributed by atoms with Gasteiger partial charge in [-0.1, -0.05) is 30.3 Å². The molecule has 5 nitrogen and oxygen atoms in total. The number of benzene rings is 3. The minimum atomic E-state index is -4.42. The highest BCUT2D eigenvalue weighted by Crippen LogP contribution is 2.32. The average Bonchev–Trinajstić information content (AvgIpc) is 2.78. The SMILES string of the molecule is CC(CCOCc1ccccc1)(Oc1ccc(Oc2ccc(C(F)(F)F)cc2)cc1)C(=O)O. The Morgan fingerprint density at radius 2 is 1.39 bits per heavy atom. The molecular weight excluding hydrogens is 437 g/mol. The lowest BCUT2D eigenvalue weighted by Crippen LogP contribution is -2.42. The van der Waals surface area contributed by atoms with Crippen LogP contribution in [-0.4, -0.2) is 23.3 Å². The summed E-state index contributed by atoms with van der Waals surface area (Å²) in [7, 11) is 0. The maximum Gasteiger partial charge on any atom is 0.416 e. The molecule has 1 N–H and O–H groups in total. The number of carbonyl (C=O) groups is 1. The van der Waals surface area contributed by atoms with Crippen molar-refractivity contribution in [2.24, 2.45) is 0 Å². The summed E-state index contributed by atoms with van der Waals surface area (Å²) in [5, 5.41) is 9.65. The maximum absolute atomic E-state index is 12.7. The summed E-state index contributed by atoms with van der Waals surface area (Å²) in [6, 6.07) is 20.0. The van der Waals surface area contributed by atoms with Crippen LogP contribution in [0.4, 0.5) is 13.2 Å².